The van der Waals surface area contributed by atoms with Crippen LogP contribution in [-0.4, -0.2) is 19.5 Å². The number of hydrogen-bond donors (Lipinski definition) is 1. The van der Waals surface area contributed by atoms with Crippen LogP contribution >= 0.6 is 0 Å². The van der Waals surface area contributed by atoms with E-state index in [9.17, 15) is 13.2 Å². The van der Waals surface area contributed by atoms with Gasteiger partial charge in [-0.3, -0.25) is 4.79 Å². The van der Waals surface area contributed by atoms with Crippen molar-refractivity contribution >= 4 is 21.9 Å². The monoisotopic (exact) mass is 266 g/mol. The van der Waals surface area contributed by atoms with Crippen LogP contribution < -0.4 is 0 Å². The predicted octanol–water partition coefficient (Wildman–Crippen LogP) is 2.10. The van der Waals surface area contributed by atoms with Crippen molar-refractivity contribution in [2.45, 2.75) is 25.2 Å². The molecule has 1 aromatic rings. The summed E-state index contributed by atoms with van der Waals surface area (Å²) >= 11 is 0. The zero-order valence-electron chi connectivity index (χ0n) is 10.2. The van der Waals surface area contributed by atoms with Crippen LogP contribution in [0.2, 0.25) is 0 Å². The average Bonchev–Trinajstić information content (AvgIpc) is 2.51. The van der Waals surface area contributed by atoms with Gasteiger partial charge < -0.3 is 5.11 Å². The second-order valence-electron chi connectivity index (χ2n) is 4.57. The van der Waals surface area contributed by atoms with E-state index in [4.69, 9.17) is 5.11 Å². The fourth-order valence-electron chi connectivity index (χ4n) is 1.97. The maximum atomic E-state index is 12.0. The van der Waals surface area contributed by atoms with E-state index in [1.54, 1.807) is 38.1 Å². The number of carboxylic acids is 1. The molecule has 0 fully saturated rings. The summed E-state index contributed by atoms with van der Waals surface area (Å²) in [7, 11) is -3.35. The highest BCUT2D eigenvalue weighted by Crippen LogP contribution is 2.33. The first-order chi connectivity index (χ1) is 8.32. The third-order valence-electron chi connectivity index (χ3n) is 3.11. The normalized spacial score (nSPS) is 18.0. The molecule has 1 heterocycles. The summed E-state index contributed by atoms with van der Waals surface area (Å²) in [6.45, 7) is 3.17. The Morgan fingerprint density at radius 1 is 1.39 bits per heavy atom. The minimum atomic E-state index is -3.35. The van der Waals surface area contributed by atoms with Gasteiger partial charge in [-0.2, -0.15) is 0 Å². The molecule has 96 valence electrons. The first-order valence-corrected chi connectivity index (χ1v) is 7.10. The molecule has 0 saturated carbocycles. The Labute approximate surface area is 106 Å². The van der Waals surface area contributed by atoms with Gasteiger partial charge in [0.15, 0.2) is 0 Å². The van der Waals surface area contributed by atoms with Gasteiger partial charge >= 0.3 is 5.97 Å². The van der Waals surface area contributed by atoms with Crippen molar-refractivity contribution < 1.29 is 18.3 Å². The minimum Gasteiger partial charge on any atom is -0.481 e. The van der Waals surface area contributed by atoms with Crippen molar-refractivity contribution in [1.29, 1.82) is 0 Å². The highest BCUT2D eigenvalue weighted by Gasteiger charge is 2.26. The first kappa shape index (κ1) is 12.8. The Balaban J connectivity index is 2.38. The molecule has 0 saturated heterocycles. The quantitative estimate of drug-likeness (QED) is 0.909. The molecule has 0 aliphatic carbocycles. The van der Waals surface area contributed by atoms with Crippen molar-refractivity contribution in [3.63, 3.8) is 0 Å². The molecule has 1 atom stereocenters. The van der Waals surface area contributed by atoms with Crippen LogP contribution in [0.3, 0.4) is 0 Å². The van der Waals surface area contributed by atoms with E-state index in [-0.39, 0.29) is 4.90 Å². The lowest BCUT2D eigenvalue weighted by molar-refractivity contribution is -0.141. The number of sulfone groups is 1. The number of benzene rings is 1. The standard InChI is InChI=1S/C13H14O4S/c1-8(13(14)15)5-10-3-4-11-6-9(2)18(16,17)12(11)7-10/h3-4,6-8H,5H2,1-2H3,(H,14,15). The van der Waals surface area contributed by atoms with Crippen LogP contribution in [0.25, 0.3) is 6.08 Å². The van der Waals surface area contributed by atoms with Crippen LogP contribution in [0.5, 0.6) is 0 Å². The van der Waals surface area contributed by atoms with Crippen molar-refractivity contribution in [3.8, 4) is 0 Å². The Kier molecular flexibility index (Phi) is 3.02. The maximum absolute atomic E-state index is 12.0. The van der Waals surface area contributed by atoms with Gasteiger partial charge in [-0.05, 0) is 36.6 Å². The molecule has 0 radical (unpaired) electrons. The Bertz CT molecular complexity index is 641. The maximum Gasteiger partial charge on any atom is 0.306 e. The molecule has 1 aromatic carbocycles. The van der Waals surface area contributed by atoms with Gasteiger partial charge in [-0.25, -0.2) is 8.42 Å². The third kappa shape index (κ3) is 2.06. The van der Waals surface area contributed by atoms with Gasteiger partial charge in [-0.1, -0.05) is 19.1 Å². The summed E-state index contributed by atoms with van der Waals surface area (Å²) in [5.74, 6) is -1.41. The lowest BCUT2D eigenvalue weighted by atomic mass is 10.0. The van der Waals surface area contributed by atoms with Crippen LogP contribution in [0.1, 0.15) is 25.0 Å². The van der Waals surface area contributed by atoms with Crippen LogP contribution in [0.4, 0.5) is 0 Å². The zero-order chi connectivity index (χ0) is 13.5. The molecule has 1 N–H and O–H groups in total. The van der Waals surface area contributed by atoms with E-state index in [0.29, 0.717) is 16.9 Å². The number of fused-ring (bicyclic) bond motifs is 1. The van der Waals surface area contributed by atoms with Crippen molar-refractivity contribution in [2.75, 3.05) is 0 Å². The van der Waals surface area contributed by atoms with Crippen molar-refractivity contribution in [2.24, 2.45) is 5.92 Å². The van der Waals surface area contributed by atoms with Crippen LogP contribution in [0, 0.1) is 5.92 Å². The summed E-state index contributed by atoms with van der Waals surface area (Å²) in [4.78, 5) is 11.4. The second kappa shape index (κ2) is 4.24. The van der Waals surface area contributed by atoms with Crippen molar-refractivity contribution in [3.05, 3.63) is 34.2 Å². The van der Waals surface area contributed by atoms with E-state index < -0.39 is 21.7 Å². The third-order valence-corrected chi connectivity index (χ3v) is 5.01. The Hall–Kier alpha value is -1.62. The zero-order valence-corrected chi connectivity index (χ0v) is 11.0. The predicted molar refractivity (Wildman–Crippen MR) is 67.8 cm³/mol. The molecule has 2 rings (SSSR count). The Morgan fingerprint density at radius 3 is 2.67 bits per heavy atom. The summed E-state index contributed by atoms with van der Waals surface area (Å²) in [5, 5.41) is 8.85. The summed E-state index contributed by atoms with van der Waals surface area (Å²) in [5.41, 5.74) is 1.41. The summed E-state index contributed by atoms with van der Waals surface area (Å²) in [6, 6.07) is 5.09. The van der Waals surface area contributed by atoms with Gasteiger partial charge in [0.25, 0.3) is 0 Å². The van der Waals surface area contributed by atoms with E-state index in [2.05, 4.69) is 0 Å². The first-order valence-electron chi connectivity index (χ1n) is 5.61. The smallest absolute Gasteiger partial charge is 0.306 e. The van der Waals surface area contributed by atoms with Gasteiger partial charge in [0.1, 0.15) is 0 Å². The number of aliphatic carboxylic acids is 1. The molecular formula is C13H14O4S. The number of carboxylic acid groups (broad SMARTS) is 1. The molecule has 18 heavy (non-hydrogen) atoms. The molecule has 0 aromatic heterocycles. The Morgan fingerprint density at radius 2 is 2.06 bits per heavy atom. The van der Waals surface area contributed by atoms with Crippen LogP contribution in [-0.2, 0) is 21.1 Å². The molecule has 0 amide bonds. The molecule has 1 aliphatic heterocycles. The summed E-state index contributed by atoms with van der Waals surface area (Å²) in [6.07, 6.45) is 1.96. The molecular weight excluding hydrogens is 252 g/mol. The highest BCUT2D eigenvalue weighted by molar-refractivity contribution is 7.95. The lowest BCUT2D eigenvalue weighted by Gasteiger charge is -2.08. The van der Waals surface area contributed by atoms with Crippen LogP contribution in [0.15, 0.2) is 28.0 Å². The molecule has 0 spiro atoms. The molecule has 1 aliphatic rings. The highest BCUT2D eigenvalue weighted by atomic mass is 32.2. The number of hydrogen-bond acceptors (Lipinski definition) is 3. The van der Waals surface area contributed by atoms with Crippen molar-refractivity contribution in [1.82, 2.24) is 0 Å². The van der Waals surface area contributed by atoms with Gasteiger partial charge in [-0.15, -0.1) is 0 Å². The average molecular weight is 266 g/mol. The van der Waals surface area contributed by atoms with E-state index in [1.165, 1.54) is 0 Å². The summed E-state index contributed by atoms with van der Waals surface area (Å²) < 4.78 is 23.9. The second-order valence-corrected chi connectivity index (χ2v) is 6.66. The fourth-order valence-corrected chi connectivity index (χ4v) is 3.34. The molecule has 4 nitrogen and oxygen atoms in total. The van der Waals surface area contributed by atoms with E-state index in [0.717, 1.165) is 5.56 Å². The van der Waals surface area contributed by atoms with Gasteiger partial charge in [0.2, 0.25) is 9.84 Å². The molecule has 5 heteroatoms. The fraction of sp³-hybridized carbons (Fsp3) is 0.308. The molecule has 1 unspecified atom stereocenters. The number of carbonyl (C=O) groups is 1. The number of rotatable bonds is 3. The molecule has 0 bridgehead atoms. The van der Waals surface area contributed by atoms with E-state index >= 15 is 0 Å². The SMILES string of the molecule is CC1=Cc2ccc(CC(C)C(=O)O)cc2S1(=O)=O. The largest absolute Gasteiger partial charge is 0.481 e. The minimum absolute atomic E-state index is 0.287. The van der Waals surface area contributed by atoms with Gasteiger partial charge in [0.05, 0.1) is 10.8 Å². The topological polar surface area (TPSA) is 71.4 Å². The lowest BCUT2D eigenvalue weighted by Crippen LogP contribution is -2.12. The van der Waals surface area contributed by atoms with Gasteiger partial charge in [0, 0.05) is 4.91 Å². The van der Waals surface area contributed by atoms with E-state index in [1.807, 2.05) is 0 Å². The number of allylic oxidation sites excluding steroid dienone is 1.